The van der Waals surface area contributed by atoms with Gasteiger partial charge < -0.3 is 15.2 Å². The number of anilines is 1. The topological polar surface area (TPSA) is 109 Å². The van der Waals surface area contributed by atoms with Gasteiger partial charge in [-0.25, -0.2) is 4.79 Å². The quantitative estimate of drug-likeness (QED) is 0.505. The number of rotatable bonds is 5. The minimum atomic E-state index is -0.720. The number of hydrogen-bond donors (Lipinski definition) is 1. The van der Waals surface area contributed by atoms with Gasteiger partial charge in [0, 0.05) is 0 Å². The van der Waals surface area contributed by atoms with Crippen molar-refractivity contribution in [3.8, 4) is 17.9 Å². The zero-order valence-corrected chi connectivity index (χ0v) is 11.9. The second kappa shape index (κ2) is 7.17. The molecule has 1 aromatic rings. The van der Waals surface area contributed by atoms with Crippen LogP contribution in [0.15, 0.2) is 5.57 Å². The molecule has 0 aliphatic heterocycles. The molecule has 0 amide bonds. The predicted octanol–water partition coefficient (Wildman–Crippen LogP) is 2.07. The van der Waals surface area contributed by atoms with Gasteiger partial charge in [-0.1, -0.05) is 0 Å². The van der Waals surface area contributed by atoms with Crippen LogP contribution in [0.4, 0.5) is 5.00 Å². The summed E-state index contributed by atoms with van der Waals surface area (Å²) in [5.74, 6) is -0.433. The van der Waals surface area contributed by atoms with Gasteiger partial charge in [-0.15, -0.1) is 11.3 Å². The molecule has 7 heteroatoms. The van der Waals surface area contributed by atoms with E-state index in [0.717, 1.165) is 11.3 Å². The van der Waals surface area contributed by atoms with Gasteiger partial charge >= 0.3 is 5.97 Å². The van der Waals surface area contributed by atoms with Crippen molar-refractivity contribution in [3.05, 3.63) is 16.0 Å². The molecule has 20 heavy (non-hydrogen) atoms. The summed E-state index contributed by atoms with van der Waals surface area (Å²) in [4.78, 5) is 12.0. The SMILES string of the molecule is CCOC(=O)/C(C#N)=C/c1sc(N)c(C#N)c1OCC. The summed E-state index contributed by atoms with van der Waals surface area (Å²) in [6.45, 7) is 3.92. The Kier molecular flexibility index (Phi) is 5.57. The highest BCUT2D eigenvalue weighted by molar-refractivity contribution is 7.17. The van der Waals surface area contributed by atoms with Crippen LogP contribution in [0.3, 0.4) is 0 Å². The summed E-state index contributed by atoms with van der Waals surface area (Å²) in [7, 11) is 0. The van der Waals surface area contributed by atoms with E-state index in [2.05, 4.69) is 0 Å². The highest BCUT2D eigenvalue weighted by Crippen LogP contribution is 2.38. The van der Waals surface area contributed by atoms with Crippen molar-refractivity contribution in [2.75, 3.05) is 18.9 Å². The Morgan fingerprint density at radius 2 is 2.10 bits per heavy atom. The smallest absolute Gasteiger partial charge is 0.348 e. The molecular weight excluding hydrogens is 278 g/mol. The second-order valence-corrected chi connectivity index (χ2v) is 4.55. The first-order valence-electron chi connectivity index (χ1n) is 5.83. The fourth-order valence-corrected chi connectivity index (χ4v) is 2.32. The lowest BCUT2D eigenvalue weighted by Gasteiger charge is -2.03. The number of thiophene rings is 1. The molecule has 0 aliphatic rings. The van der Waals surface area contributed by atoms with Gasteiger partial charge in [-0.05, 0) is 19.9 Å². The maximum Gasteiger partial charge on any atom is 0.348 e. The number of nitrogens with zero attached hydrogens (tertiary/aromatic N) is 2. The molecule has 0 atom stereocenters. The van der Waals surface area contributed by atoms with E-state index in [1.165, 1.54) is 6.08 Å². The molecule has 6 nitrogen and oxygen atoms in total. The lowest BCUT2D eigenvalue weighted by Crippen LogP contribution is -2.06. The van der Waals surface area contributed by atoms with Crippen molar-refractivity contribution in [3.63, 3.8) is 0 Å². The van der Waals surface area contributed by atoms with E-state index in [-0.39, 0.29) is 28.5 Å². The largest absolute Gasteiger partial charge is 0.491 e. The molecule has 0 aromatic carbocycles. The first-order chi connectivity index (χ1) is 9.58. The van der Waals surface area contributed by atoms with E-state index >= 15 is 0 Å². The molecule has 0 radical (unpaired) electrons. The molecule has 104 valence electrons. The van der Waals surface area contributed by atoms with Gasteiger partial charge in [0.1, 0.15) is 28.3 Å². The van der Waals surface area contributed by atoms with E-state index in [0.29, 0.717) is 11.5 Å². The van der Waals surface area contributed by atoms with E-state index in [4.69, 9.17) is 25.7 Å². The normalized spacial score (nSPS) is 10.5. The molecular formula is C13H13N3O3S. The van der Waals surface area contributed by atoms with Crippen LogP contribution in [0.2, 0.25) is 0 Å². The summed E-state index contributed by atoms with van der Waals surface area (Å²) in [6.07, 6.45) is 1.32. The fraction of sp³-hybridized carbons (Fsp3) is 0.308. The van der Waals surface area contributed by atoms with Crippen LogP contribution in [0.1, 0.15) is 24.3 Å². The average Bonchev–Trinajstić information content (AvgIpc) is 2.72. The third-order valence-electron chi connectivity index (χ3n) is 2.21. The molecule has 0 fully saturated rings. The summed E-state index contributed by atoms with van der Waals surface area (Å²) < 4.78 is 10.1. The number of hydrogen-bond acceptors (Lipinski definition) is 7. The standard InChI is InChI=1S/C13H13N3O3S/c1-3-18-11-9(7-15)12(16)20-10(11)5-8(6-14)13(17)19-4-2/h5H,3-4,16H2,1-2H3/b8-5+. The Morgan fingerprint density at radius 3 is 2.60 bits per heavy atom. The summed E-state index contributed by atoms with van der Waals surface area (Å²) in [5.41, 5.74) is 5.77. The summed E-state index contributed by atoms with van der Waals surface area (Å²) >= 11 is 1.08. The number of ether oxygens (including phenoxy) is 2. The maximum absolute atomic E-state index is 11.6. The number of nitrogens with two attached hydrogens (primary N) is 1. The third-order valence-corrected chi connectivity index (χ3v) is 3.16. The molecule has 0 saturated heterocycles. The molecule has 2 N–H and O–H groups in total. The van der Waals surface area contributed by atoms with Crippen LogP contribution >= 0.6 is 11.3 Å². The van der Waals surface area contributed by atoms with Crippen LogP contribution in [-0.2, 0) is 9.53 Å². The first kappa shape index (κ1) is 15.5. The predicted molar refractivity (Wildman–Crippen MR) is 74.8 cm³/mol. The Labute approximate surface area is 120 Å². The van der Waals surface area contributed by atoms with E-state index in [1.54, 1.807) is 19.9 Å². The fourth-order valence-electron chi connectivity index (χ4n) is 1.42. The van der Waals surface area contributed by atoms with Gasteiger partial charge in [-0.3, -0.25) is 0 Å². The summed E-state index contributed by atoms with van der Waals surface area (Å²) in [5, 5.41) is 18.3. The molecule has 0 saturated carbocycles. The molecule has 1 aromatic heterocycles. The number of carbonyl (C=O) groups excluding carboxylic acids is 1. The van der Waals surface area contributed by atoms with Gasteiger partial charge in [0.15, 0.2) is 5.75 Å². The third kappa shape index (κ3) is 3.28. The first-order valence-corrected chi connectivity index (χ1v) is 6.64. The summed E-state index contributed by atoms with van der Waals surface area (Å²) in [6, 6.07) is 3.71. The Bertz CT molecular complexity index is 620. The lowest BCUT2D eigenvalue weighted by molar-refractivity contribution is -0.137. The minimum absolute atomic E-state index is 0.168. The number of nitriles is 2. The van der Waals surface area contributed by atoms with E-state index in [9.17, 15) is 4.79 Å². The van der Waals surface area contributed by atoms with Crippen LogP contribution in [0.25, 0.3) is 6.08 Å². The number of esters is 1. The van der Waals surface area contributed by atoms with Crippen molar-refractivity contribution in [2.24, 2.45) is 0 Å². The average molecular weight is 291 g/mol. The molecule has 1 heterocycles. The van der Waals surface area contributed by atoms with Crippen molar-refractivity contribution in [1.29, 1.82) is 10.5 Å². The molecule has 0 bridgehead atoms. The van der Waals surface area contributed by atoms with Crippen LogP contribution in [0.5, 0.6) is 5.75 Å². The van der Waals surface area contributed by atoms with Gasteiger partial charge in [-0.2, -0.15) is 10.5 Å². The van der Waals surface area contributed by atoms with Crippen LogP contribution in [-0.4, -0.2) is 19.2 Å². The molecule has 0 aliphatic carbocycles. The zero-order valence-electron chi connectivity index (χ0n) is 11.1. The van der Waals surface area contributed by atoms with Crippen molar-refractivity contribution < 1.29 is 14.3 Å². The van der Waals surface area contributed by atoms with Gasteiger partial charge in [0.05, 0.1) is 18.1 Å². The number of nitrogen functional groups attached to an aromatic ring is 1. The highest BCUT2D eigenvalue weighted by Gasteiger charge is 2.19. The number of carbonyl (C=O) groups is 1. The van der Waals surface area contributed by atoms with E-state index in [1.807, 2.05) is 6.07 Å². The second-order valence-electron chi connectivity index (χ2n) is 3.47. The van der Waals surface area contributed by atoms with Crippen molar-refractivity contribution in [2.45, 2.75) is 13.8 Å². The monoisotopic (exact) mass is 291 g/mol. The van der Waals surface area contributed by atoms with Crippen LogP contribution < -0.4 is 10.5 Å². The zero-order chi connectivity index (χ0) is 15.1. The Morgan fingerprint density at radius 1 is 1.40 bits per heavy atom. The van der Waals surface area contributed by atoms with Gasteiger partial charge in [0.2, 0.25) is 0 Å². The lowest BCUT2D eigenvalue weighted by atomic mass is 10.2. The Hall–Kier alpha value is -2.51. The molecule has 0 unspecified atom stereocenters. The maximum atomic E-state index is 11.6. The Balaban J connectivity index is 3.29. The van der Waals surface area contributed by atoms with Crippen molar-refractivity contribution >= 4 is 28.4 Å². The van der Waals surface area contributed by atoms with E-state index < -0.39 is 5.97 Å². The highest BCUT2D eigenvalue weighted by atomic mass is 32.1. The van der Waals surface area contributed by atoms with Crippen LogP contribution in [0, 0.1) is 22.7 Å². The van der Waals surface area contributed by atoms with Gasteiger partial charge in [0.25, 0.3) is 0 Å². The van der Waals surface area contributed by atoms with Crippen molar-refractivity contribution in [1.82, 2.24) is 0 Å². The molecule has 1 rings (SSSR count). The molecule has 0 spiro atoms. The minimum Gasteiger partial charge on any atom is -0.491 e.